The van der Waals surface area contributed by atoms with Gasteiger partial charge in [0.25, 0.3) is 0 Å². The quantitative estimate of drug-likeness (QED) is 0.160. The number of benzene rings is 2. The fourth-order valence-electron chi connectivity index (χ4n) is 5.40. The van der Waals surface area contributed by atoms with Gasteiger partial charge in [-0.15, -0.1) is 9.24 Å². The molecule has 1 aliphatic rings. The monoisotopic (exact) mass is 582 g/mol. The van der Waals surface area contributed by atoms with E-state index in [2.05, 4.69) is 55.3 Å². The summed E-state index contributed by atoms with van der Waals surface area (Å²) < 4.78 is 5.34. The molecule has 42 heavy (non-hydrogen) atoms. The first-order valence-corrected chi connectivity index (χ1v) is 15.4. The number of aromatic nitrogens is 2. The summed E-state index contributed by atoms with van der Waals surface area (Å²) in [6, 6.07) is 22.9. The average Bonchev–Trinajstić information content (AvgIpc) is 3.05. The lowest BCUT2D eigenvalue weighted by atomic mass is 9.98. The Hall–Kier alpha value is -3.60. The number of carbonyl (C=O) groups is 1. The number of amides is 1. The van der Waals surface area contributed by atoms with E-state index in [4.69, 9.17) is 4.74 Å². The maximum absolute atomic E-state index is 11.9. The first-order chi connectivity index (χ1) is 20.6. The second-order valence-electron chi connectivity index (χ2n) is 10.7. The van der Waals surface area contributed by atoms with Crippen molar-refractivity contribution in [2.45, 2.75) is 58.2 Å². The average molecular weight is 583 g/mol. The van der Waals surface area contributed by atoms with E-state index in [0.29, 0.717) is 6.54 Å². The van der Waals surface area contributed by atoms with Gasteiger partial charge in [-0.1, -0.05) is 37.3 Å². The molecule has 1 aliphatic heterocycles. The molecule has 1 amide bonds. The van der Waals surface area contributed by atoms with Crippen molar-refractivity contribution in [1.29, 1.82) is 0 Å². The number of methoxy groups -OCH3 is 1. The standard InChI is InChI=1S/C23H25N3O.C12H18NOP/c27-19-26(18-22-4-2-1-3-5-22)23(8-6-20-10-14-24-15-11-20)9-7-21-12-16-25-17-13-21;1-3-13-5-4-9-7-12(15)11(14-2)6-10(9)8-13/h1-5,10-17,19,23H,6-9,18H2;6-7H,3-5,8,15H2,1-2H3. The van der Waals surface area contributed by atoms with Crippen molar-refractivity contribution in [1.82, 2.24) is 19.8 Å². The summed E-state index contributed by atoms with van der Waals surface area (Å²) in [6.45, 7) is 6.23. The molecule has 0 aliphatic carbocycles. The molecule has 7 heteroatoms. The molecule has 0 bridgehead atoms. The Bertz CT molecular complexity index is 1310. The Morgan fingerprint density at radius 3 is 2.07 bits per heavy atom. The summed E-state index contributed by atoms with van der Waals surface area (Å²) in [4.78, 5) is 24.5. The van der Waals surface area contributed by atoms with Gasteiger partial charge in [-0.2, -0.15) is 0 Å². The van der Waals surface area contributed by atoms with Gasteiger partial charge in [0.2, 0.25) is 6.41 Å². The highest BCUT2D eigenvalue weighted by Crippen LogP contribution is 2.23. The summed E-state index contributed by atoms with van der Waals surface area (Å²) in [7, 11) is 4.48. The number of pyridine rings is 2. The van der Waals surface area contributed by atoms with Gasteiger partial charge in [0.1, 0.15) is 5.75 Å². The van der Waals surface area contributed by atoms with E-state index in [-0.39, 0.29) is 6.04 Å². The minimum atomic E-state index is 0.184. The molecule has 0 saturated carbocycles. The number of aryl methyl sites for hydroxylation is 2. The maximum Gasteiger partial charge on any atom is 0.210 e. The zero-order chi connectivity index (χ0) is 29.6. The molecule has 0 N–H and O–H groups in total. The summed E-state index contributed by atoms with van der Waals surface area (Å²) in [5, 5.41) is 1.17. The lowest BCUT2D eigenvalue weighted by Crippen LogP contribution is -2.34. The third-order valence-electron chi connectivity index (χ3n) is 7.93. The summed E-state index contributed by atoms with van der Waals surface area (Å²) in [5.41, 5.74) is 6.56. The van der Waals surface area contributed by atoms with Crippen LogP contribution in [0.2, 0.25) is 0 Å². The lowest BCUT2D eigenvalue weighted by Gasteiger charge is -2.29. The van der Waals surface area contributed by atoms with Gasteiger partial charge in [0.15, 0.2) is 0 Å². The Morgan fingerprint density at radius 1 is 0.905 bits per heavy atom. The summed E-state index contributed by atoms with van der Waals surface area (Å²) in [6.07, 6.45) is 13.2. The van der Waals surface area contributed by atoms with E-state index in [1.807, 2.05) is 72.2 Å². The Balaban J connectivity index is 0.000000227. The predicted molar refractivity (Wildman–Crippen MR) is 174 cm³/mol. The molecule has 2 aromatic heterocycles. The molecular formula is C35H43N4O2P. The molecular weight excluding hydrogens is 539 g/mol. The molecule has 0 saturated heterocycles. The normalized spacial score (nSPS) is 12.7. The lowest BCUT2D eigenvalue weighted by molar-refractivity contribution is -0.121. The zero-order valence-electron chi connectivity index (χ0n) is 24.9. The second-order valence-corrected chi connectivity index (χ2v) is 11.3. The van der Waals surface area contributed by atoms with Crippen LogP contribution in [0.1, 0.15) is 47.6 Å². The minimum Gasteiger partial charge on any atom is -0.496 e. The smallest absolute Gasteiger partial charge is 0.210 e. The Morgan fingerprint density at radius 2 is 1.52 bits per heavy atom. The van der Waals surface area contributed by atoms with Crippen molar-refractivity contribution < 1.29 is 9.53 Å². The largest absolute Gasteiger partial charge is 0.496 e. The molecule has 220 valence electrons. The van der Waals surface area contributed by atoms with Crippen LogP contribution in [0.5, 0.6) is 5.75 Å². The highest BCUT2D eigenvalue weighted by atomic mass is 31.0. The van der Waals surface area contributed by atoms with E-state index < -0.39 is 0 Å². The second kappa shape index (κ2) is 16.7. The first kappa shape index (κ1) is 31.3. The fraction of sp³-hybridized carbons (Fsp3) is 0.343. The van der Waals surface area contributed by atoms with Crippen molar-refractivity contribution in [2.24, 2.45) is 0 Å². The number of fused-ring (bicyclic) bond motifs is 1. The van der Waals surface area contributed by atoms with E-state index in [1.54, 1.807) is 7.11 Å². The van der Waals surface area contributed by atoms with Gasteiger partial charge in [0.05, 0.1) is 7.11 Å². The molecule has 4 aromatic rings. The van der Waals surface area contributed by atoms with Crippen LogP contribution in [-0.4, -0.2) is 52.4 Å². The third kappa shape index (κ3) is 9.47. The van der Waals surface area contributed by atoms with Crippen LogP contribution >= 0.6 is 9.24 Å². The van der Waals surface area contributed by atoms with Gasteiger partial charge in [-0.3, -0.25) is 19.7 Å². The first-order valence-electron chi connectivity index (χ1n) is 14.8. The highest BCUT2D eigenvalue weighted by molar-refractivity contribution is 7.27. The molecule has 6 nitrogen and oxygen atoms in total. The van der Waals surface area contributed by atoms with Gasteiger partial charge in [0, 0.05) is 55.8 Å². The third-order valence-corrected chi connectivity index (χ3v) is 8.39. The van der Waals surface area contributed by atoms with Gasteiger partial charge < -0.3 is 9.64 Å². The number of likely N-dealkylation sites (N-methyl/N-ethyl adjacent to an activating group) is 1. The number of carbonyl (C=O) groups excluding carboxylic acids is 1. The number of hydrogen-bond acceptors (Lipinski definition) is 5. The highest BCUT2D eigenvalue weighted by Gasteiger charge is 2.18. The number of nitrogens with zero attached hydrogens (tertiary/aromatic N) is 4. The van der Waals surface area contributed by atoms with E-state index >= 15 is 0 Å². The molecule has 0 fully saturated rings. The zero-order valence-corrected chi connectivity index (χ0v) is 26.0. The molecule has 1 atom stereocenters. The van der Waals surface area contributed by atoms with Crippen LogP contribution in [0, 0.1) is 0 Å². The van der Waals surface area contributed by atoms with Crippen LogP contribution in [0.3, 0.4) is 0 Å². The minimum absolute atomic E-state index is 0.184. The van der Waals surface area contributed by atoms with E-state index in [0.717, 1.165) is 62.9 Å². The van der Waals surface area contributed by atoms with Gasteiger partial charge in [-0.05, 0) is 103 Å². The van der Waals surface area contributed by atoms with Crippen molar-refractivity contribution in [3.8, 4) is 5.75 Å². The van der Waals surface area contributed by atoms with Crippen LogP contribution in [-0.2, 0) is 37.1 Å². The van der Waals surface area contributed by atoms with Crippen molar-refractivity contribution in [3.05, 3.63) is 119 Å². The van der Waals surface area contributed by atoms with Crippen LogP contribution in [0.15, 0.2) is 91.5 Å². The number of hydrogen-bond donors (Lipinski definition) is 0. The topological polar surface area (TPSA) is 58.6 Å². The van der Waals surface area contributed by atoms with E-state index in [9.17, 15) is 4.79 Å². The van der Waals surface area contributed by atoms with Crippen molar-refractivity contribution in [3.63, 3.8) is 0 Å². The number of ether oxygens (including phenoxy) is 1. The molecule has 0 spiro atoms. The predicted octanol–water partition coefficient (Wildman–Crippen LogP) is 5.64. The van der Waals surface area contributed by atoms with Gasteiger partial charge >= 0.3 is 0 Å². The van der Waals surface area contributed by atoms with Gasteiger partial charge in [-0.25, -0.2) is 0 Å². The molecule has 5 rings (SSSR count). The Labute approximate surface area is 253 Å². The van der Waals surface area contributed by atoms with Crippen LogP contribution < -0.4 is 10.0 Å². The number of rotatable bonds is 12. The fourth-order valence-corrected chi connectivity index (χ4v) is 5.80. The SMILES string of the molecule is CCN1CCc2cc(P)c(OC)cc2C1.O=CN(Cc1ccccc1)C(CCc1ccncc1)CCc1ccncc1. The Kier molecular flexibility index (Phi) is 12.5. The van der Waals surface area contributed by atoms with Crippen molar-refractivity contribution in [2.75, 3.05) is 20.2 Å². The van der Waals surface area contributed by atoms with Crippen LogP contribution in [0.4, 0.5) is 0 Å². The molecule has 3 heterocycles. The summed E-state index contributed by atoms with van der Waals surface area (Å²) in [5.74, 6) is 0.983. The molecule has 2 aromatic carbocycles. The van der Waals surface area contributed by atoms with Crippen molar-refractivity contribution >= 4 is 21.0 Å². The van der Waals surface area contributed by atoms with E-state index in [1.165, 1.54) is 34.1 Å². The van der Waals surface area contributed by atoms with Crippen LogP contribution in [0.25, 0.3) is 0 Å². The molecule has 1 unspecified atom stereocenters. The maximum atomic E-state index is 11.9. The molecule has 0 radical (unpaired) electrons. The summed E-state index contributed by atoms with van der Waals surface area (Å²) >= 11 is 0.